The fourth-order valence-corrected chi connectivity index (χ4v) is 5.24. The molecule has 8 nitrogen and oxygen atoms in total. The molecule has 3 N–H and O–H groups in total. The van der Waals surface area contributed by atoms with Crippen LogP contribution >= 0.6 is 0 Å². The van der Waals surface area contributed by atoms with Crippen molar-refractivity contribution in [3.05, 3.63) is 30.1 Å². The maximum Gasteiger partial charge on any atom is 0.327 e. The average molecular weight is 387 g/mol. The third-order valence-corrected chi connectivity index (χ3v) is 6.59. The molecule has 0 aromatic carbocycles. The number of imide groups is 1. The lowest BCUT2D eigenvalue weighted by molar-refractivity contribution is -0.157. The van der Waals surface area contributed by atoms with Crippen LogP contribution in [0.5, 0.6) is 0 Å². The van der Waals surface area contributed by atoms with E-state index in [0.717, 1.165) is 32.1 Å². The van der Waals surface area contributed by atoms with Crippen molar-refractivity contribution in [3.8, 4) is 0 Å². The normalized spacial score (nSPS) is 34.5. The summed E-state index contributed by atoms with van der Waals surface area (Å²) in [5.74, 6) is -4.23. The van der Waals surface area contributed by atoms with Crippen molar-refractivity contribution in [3.63, 3.8) is 0 Å². The lowest BCUT2D eigenvalue weighted by atomic mass is 9.77. The standard InChI is InChI=1S/C20H25N3O5/c1-11(24)20(19(27)28)15-14(16(22-20)13-9-5-6-10-21-13)17(25)23(18(15)26)12-7-3-2-4-8-12/h5-6,9-12,14-16,22,24H,2-4,7-8H2,1H3,(H,27,28). The molecule has 0 spiro atoms. The average Bonchev–Trinajstić information content (AvgIpc) is 3.18. The number of hydrogen-bond acceptors (Lipinski definition) is 6. The highest BCUT2D eigenvalue weighted by Crippen LogP contribution is 2.50. The van der Waals surface area contributed by atoms with E-state index >= 15 is 0 Å². The van der Waals surface area contributed by atoms with E-state index < -0.39 is 41.4 Å². The number of aliphatic hydroxyl groups is 1. The van der Waals surface area contributed by atoms with Crippen LogP contribution in [0.4, 0.5) is 0 Å². The summed E-state index contributed by atoms with van der Waals surface area (Å²) in [7, 11) is 0. The van der Waals surface area contributed by atoms with Gasteiger partial charge in [-0.2, -0.15) is 0 Å². The van der Waals surface area contributed by atoms with Gasteiger partial charge in [0.15, 0.2) is 5.54 Å². The first kappa shape index (κ1) is 19.0. The van der Waals surface area contributed by atoms with Crippen molar-refractivity contribution < 1.29 is 24.6 Å². The van der Waals surface area contributed by atoms with Crippen LogP contribution in [-0.2, 0) is 14.4 Å². The Morgan fingerprint density at radius 2 is 1.96 bits per heavy atom. The molecule has 3 fully saturated rings. The van der Waals surface area contributed by atoms with Crippen LogP contribution in [0, 0.1) is 11.8 Å². The van der Waals surface area contributed by atoms with E-state index in [1.165, 1.54) is 11.8 Å². The van der Waals surface area contributed by atoms with Gasteiger partial charge in [-0.3, -0.25) is 29.6 Å². The van der Waals surface area contributed by atoms with Gasteiger partial charge in [0, 0.05) is 12.2 Å². The summed E-state index contributed by atoms with van der Waals surface area (Å²) in [4.78, 5) is 44.6. The molecule has 3 aliphatic rings. The molecule has 1 aliphatic carbocycles. The Labute approximate surface area is 162 Å². The summed E-state index contributed by atoms with van der Waals surface area (Å²) in [6.07, 6.45) is 4.65. The van der Waals surface area contributed by atoms with Crippen molar-refractivity contribution in [2.45, 2.75) is 62.8 Å². The second-order valence-corrected chi connectivity index (χ2v) is 8.07. The van der Waals surface area contributed by atoms with Crippen LogP contribution in [0.2, 0.25) is 0 Å². The number of aliphatic carboxylic acids is 1. The zero-order valence-electron chi connectivity index (χ0n) is 15.7. The number of carbonyl (C=O) groups is 3. The molecule has 0 bridgehead atoms. The zero-order chi connectivity index (χ0) is 20.1. The number of rotatable bonds is 4. The second-order valence-electron chi connectivity index (χ2n) is 8.07. The molecule has 1 saturated carbocycles. The number of pyridine rings is 1. The van der Waals surface area contributed by atoms with Crippen LogP contribution in [0.25, 0.3) is 0 Å². The largest absolute Gasteiger partial charge is 0.480 e. The molecule has 4 rings (SSSR count). The third kappa shape index (κ3) is 2.58. The third-order valence-electron chi connectivity index (χ3n) is 6.59. The van der Waals surface area contributed by atoms with E-state index in [-0.39, 0.29) is 11.9 Å². The van der Waals surface area contributed by atoms with Crippen molar-refractivity contribution in [2.24, 2.45) is 11.8 Å². The lowest BCUT2D eigenvalue weighted by Gasteiger charge is -2.35. The van der Waals surface area contributed by atoms with Gasteiger partial charge in [-0.05, 0) is 31.9 Å². The Morgan fingerprint density at radius 3 is 2.54 bits per heavy atom. The van der Waals surface area contributed by atoms with Gasteiger partial charge < -0.3 is 10.2 Å². The monoisotopic (exact) mass is 387 g/mol. The number of carboxylic acid groups (broad SMARTS) is 1. The number of hydrogen-bond donors (Lipinski definition) is 3. The molecule has 28 heavy (non-hydrogen) atoms. The Kier molecular flexibility index (Phi) is 4.71. The summed E-state index contributed by atoms with van der Waals surface area (Å²) in [6, 6.07) is 4.24. The summed E-state index contributed by atoms with van der Waals surface area (Å²) < 4.78 is 0. The number of aromatic nitrogens is 1. The number of aliphatic hydroxyl groups excluding tert-OH is 1. The van der Waals surface area contributed by atoms with Gasteiger partial charge in [-0.1, -0.05) is 25.3 Å². The Bertz CT molecular complexity index is 792. The number of nitrogens with one attached hydrogen (secondary N) is 1. The van der Waals surface area contributed by atoms with Gasteiger partial charge in [0.25, 0.3) is 0 Å². The van der Waals surface area contributed by atoms with Gasteiger partial charge in [0.2, 0.25) is 11.8 Å². The Morgan fingerprint density at radius 1 is 1.25 bits per heavy atom. The summed E-state index contributed by atoms with van der Waals surface area (Å²) in [5, 5.41) is 23.4. The molecule has 8 heteroatoms. The molecular weight excluding hydrogens is 362 g/mol. The highest BCUT2D eigenvalue weighted by molar-refractivity contribution is 6.09. The molecule has 1 aromatic rings. The summed E-state index contributed by atoms with van der Waals surface area (Å²) >= 11 is 0. The maximum atomic E-state index is 13.4. The van der Waals surface area contributed by atoms with Crippen molar-refractivity contribution in [1.29, 1.82) is 0 Å². The number of carbonyl (C=O) groups excluding carboxylic acids is 2. The van der Waals surface area contributed by atoms with E-state index in [1.807, 2.05) is 0 Å². The minimum atomic E-state index is -1.93. The van der Waals surface area contributed by atoms with Crippen LogP contribution in [-0.4, -0.2) is 55.6 Å². The highest BCUT2D eigenvalue weighted by atomic mass is 16.4. The second kappa shape index (κ2) is 6.93. The molecule has 2 amide bonds. The zero-order valence-corrected chi connectivity index (χ0v) is 15.7. The number of nitrogens with zero attached hydrogens (tertiary/aromatic N) is 2. The molecule has 150 valence electrons. The van der Waals surface area contributed by atoms with E-state index in [4.69, 9.17) is 0 Å². The first-order valence-electron chi connectivity index (χ1n) is 9.86. The smallest absolute Gasteiger partial charge is 0.327 e. The van der Waals surface area contributed by atoms with Gasteiger partial charge in [0.1, 0.15) is 0 Å². The van der Waals surface area contributed by atoms with Gasteiger partial charge in [-0.15, -0.1) is 0 Å². The van der Waals surface area contributed by atoms with E-state index in [1.54, 1.807) is 24.4 Å². The molecule has 5 unspecified atom stereocenters. The number of fused-ring (bicyclic) bond motifs is 1. The fourth-order valence-electron chi connectivity index (χ4n) is 5.24. The van der Waals surface area contributed by atoms with Crippen molar-refractivity contribution >= 4 is 17.8 Å². The molecule has 3 heterocycles. The summed E-state index contributed by atoms with van der Waals surface area (Å²) in [5.41, 5.74) is -1.43. The molecule has 2 saturated heterocycles. The molecule has 0 radical (unpaired) electrons. The van der Waals surface area contributed by atoms with E-state index in [0.29, 0.717) is 5.69 Å². The van der Waals surface area contributed by atoms with Crippen LogP contribution in [0.1, 0.15) is 50.8 Å². The van der Waals surface area contributed by atoms with Crippen molar-refractivity contribution in [2.75, 3.05) is 0 Å². The van der Waals surface area contributed by atoms with E-state index in [2.05, 4.69) is 10.3 Å². The lowest BCUT2D eigenvalue weighted by Crippen LogP contribution is -2.62. The van der Waals surface area contributed by atoms with Crippen LogP contribution in [0.15, 0.2) is 24.4 Å². The summed E-state index contributed by atoms with van der Waals surface area (Å²) in [6.45, 7) is 1.35. The molecule has 2 aliphatic heterocycles. The first-order valence-corrected chi connectivity index (χ1v) is 9.86. The van der Waals surface area contributed by atoms with Gasteiger partial charge in [0.05, 0.1) is 29.7 Å². The van der Waals surface area contributed by atoms with Crippen LogP contribution < -0.4 is 5.32 Å². The Hall–Kier alpha value is -2.32. The molecular formula is C20H25N3O5. The number of likely N-dealkylation sites (tertiary alicyclic amines) is 1. The quantitative estimate of drug-likeness (QED) is 0.656. The predicted octanol–water partition coefficient (Wildman–Crippen LogP) is 0.864. The predicted molar refractivity (Wildman–Crippen MR) is 97.9 cm³/mol. The van der Waals surface area contributed by atoms with Gasteiger partial charge >= 0.3 is 5.97 Å². The van der Waals surface area contributed by atoms with E-state index in [9.17, 15) is 24.6 Å². The van der Waals surface area contributed by atoms with Gasteiger partial charge in [-0.25, -0.2) is 0 Å². The highest BCUT2D eigenvalue weighted by Gasteiger charge is 2.71. The number of amides is 2. The fraction of sp³-hybridized carbons (Fsp3) is 0.600. The van der Waals surface area contributed by atoms with Crippen molar-refractivity contribution in [1.82, 2.24) is 15.2 Å². The maximum absolute atomic E-state index is 13.4. The minimum absolute atomic E-state index is 0.191. The van der Waals surface area contributed by atoms with Crippen LogP contribution in [0.3, 0.4) is 0 Å². The SMILES string of the molecule is CC(O)C1(C(=O)O)NC(c2ccccn2)C2C(=O)N(C3CCCCC3)C(=O)C21. The number of carboxylic acids is 1. The molecule has 5 atom stereocenters. The first-order chi connectivity index (χ1) is 13.4. The topological polar surface area (TPSA) is 120 Å². The minimum Gasteiger partial charge on any atom is -0.480 e. The Balaban J connectivity index is 1.81. The molecule has 1 aromatic heterocycles.